The second-order valence-corrected chi connectivity index (χ2v) is 4.77. The van der Waals surface area contributed by atoms with Gasteiger partial charge >= 0.3 is 0 Å². The average molecular weight is 282 g/mol. The van der Waals surface area contributed by atoms with Gasteiger partial charge in [-0.2, -0.15) is 0 Å². The fourth-order valence-electron chi connectivity index (χ4n) is 1.63. The molecule has 0 aliphatic carbocycles. The van der Waals surface area contributed by atoms with Crippen LogP contribution >= 0.6 is 23.2 Å². The Labute approximate surface area is 116 Å². The van der Waals surface area contributed by atoms with Crippen LogP contribution in [0.15, 0.2) is 42.5 Å². The number of hydrogen-bond acceptors (Lipinski definition) is 2. The first-order valence-corrected chi connectivity index (χ1v) is 6.27. The molecule has 0 aliphatic rings. The second kappa shape index (κ2) is 6.10. The quantitative estimate of drug-likeness (QED) is 0.849. The molecule has 0 radical (unpaired) electrons. The van der Waals surface area contributed by atoms with Gasteiger partial charge in [0.15, 0.2) is 0 Å². The van der Waals surface area contributed by atoms with E-state index in [-0.39, 0.29) is 0 Å². The van der Waals surface area contributed by atoms with Crippen LogP contribution in [0.1, 0.15) is 11.1 Å². The van der Waals surface area contributed by atoms with Crippen molar-refractivity contribution < 1.29 is 4.74 Å². The van der Waals surface area contributed by atoms with Crippen molar-refractivity contribution >= 4 is 28.9 Å². The van der Waals surface area contributed by atoms with Gasteiger partial charge < -0.3 is 10.5 Å². The number of hydrogen-bond donors (Lipinski definition) is 1. The van der Waals surface area contributed by atoms with Gasteiger partial charge in [-0.25, -0.2) is 0 Å². The highest BCUT2D eigenvalue weighted by Gasteiger charge is 2.04. The molecule has 0 aromatic heterocycles. The standard InChI is InChI=1S/C14H13Cl2NO/c15-11-4-1-3-10(7-11)8-18-9-12-13(16)5-2-6-14(12)17/h1-7H,8-9,17H2. The van der Waals surface area contributed by atoms with E-state index in [0.29, 0.717) is 28.9 Å². The molecule has 18 heavy (non-hydrogen) atoms. The summed E-state index contributed by atoms with van der Waals surface area (Å²) >= 11 is 11.9. The third-order valence-electron chi connectivity index (χ3n) is 2.56. The summed E-state index contributed by atoms with van der Waals surface area (Å²) in [6.07, 6.45) is 0. The number of benzene rings is 2. The summed E-state index contributed by atoms with van der Waals surface area (Å²) < 4.78 is 5.60. The summed E-state index contributed by atoms with van der Waals surface area (Å²) in [5, 5.41) is 1.33. The van der Waals surface area contributed by atoms with Crippen molar-refractivity contribution in [3.8, 4) is 0 Å². The number of nitrogens with two attached hydrogens (primary N) is 1. The van der Waals surface area contributed by atoms with Crippen LogP contribution in [0.5, 0.6) is 0 Å². The van der Waals surface area contributed by atoms with Gasteiger partial charge in [0.1, 0.15) is 0 Å². The van der Waals surface area contributed by atoms with Crippen molar-refractivity contribution in [3.05, 3.63) is 63.6 Å². The lowest BCUT2D eigenvalue weighted by Gasteiger charge is -2.09. The smallest absolute Gasteiger partial charge is 0.0756 e. The minimum Gasteiger partial charge on any atom is -0.398 e. The summed E-state index contributed by atoms with van der Waals surface area (Å²) in [7, 11) is 0. The summed E-state index contributed by atoms with van der Waals surface area (Å²) in [4.78, 5) is 0. The Hall–Kier alpha value is -1.22. The summed E-state index contributed by atoms with van der Waals surface area (Å²) in [5.41, 5.74) is 8.33. The monoisotopic (exact) mass is 281 g/mol. The third-order valence-corrected chi connectivity index (χ3v) is 3.15. The fraction of sp³-hybridized carbons (Fsp3) is 0.143. The largest absolute Gasteiger partial charge is 0.398 e. The summed E-state index contributed by atoms with van der Waals surface area (Å²) in [6.45, 7) is 0.864. The molecule has 0 amide bonds. The highest BCUT2D eigenvalue weighted by molar-refractivity contribution is 6.31. The maximum atomic E-state index is 6.06. The number of rotatable bonds is 4. The SMILES string of the molecule is Nc1cccc(Cl)c1COCc1cccc(Cl)c1. The topological polar surface area (TPSA) is 35.2 Å². The Morgan fingerprint density at radius 3 is 2.50 bits per heavy atom. The molecule has 0 spiro atoms. The van der Waals surface area contributed by atoms with E-state index in [4.69, 9.17) is 33.7 Å². The van der Waals surface area contributed by atoms with Crippen LogP contribution in [-0.2, 0) is 18.0 Å². The maximum Gasteiger partial charge on any atom is 0.0756 e. The van der Waals surface area contributed by atoms with Gasteiger partial charge in [-0.05, 0) is 29.8 Å². The summed E-state index contributed by atoms with van der Waals surface area (Å²) in [5.74, 6) is 0. The zero-order valence-electron chi connectivity index (χ0n) is 9.70. The lowest BCUT2D eigenvalue weighted by Crippen LogP contribution is -1.99. The van der Waals surface area contributed by atoms with Crippen molar-refractivity contribution in [3.63, 3.8) is 0 Å². The van der Waals surface area contributed by atoms with Gasteiger partial charge in [0.2, 0.25) is 0 Å². The number of anilines is 1. The third kappa shape index (κ3) is 3.39. The van der Waals surface area contributed by atoms with Crippen molar-refractivity contribution in [2.75, 3.05) is 5.73 Å². The second-order valence-electron chi connectivity index (χ2n) is 3.93. The lowest BCUT2D eigenvalue weighted by molar-refractivity contribution is 0.107. The van der Waals surface area contributed by atoms with Crippen LogP contribution in [-0.4, -0.2) is 0 Å². The number of halogens is 2. The van der Waals surface area contributed by atoms with Crippen LogP contribution in [0, 0.1) is 0 Å². The van der Waals surface area contributed by atoms with Gasteiger partial charge in [-0.15, -0.1) is 0 Å². The normalized spacial score (nSPS) is 10.6. The zero-order valence-corrected chi connectivity index (χ0v) is 11.2. The van der Waals surface area contributed by atoms with Gasteiger partial charge in [0.25, 0.3) is 0 Å². The molecule has 0 bridgehead atoms. The van der Waals surface area contributed by atoms with Crippen molar-refractivity contribution in [2.24, 2.45) is 0 Å². The zero-order chi connectivity index (χ0) is 13.0. The van der Waals surface area contributed by atoms with E-state index < -0.39 is 0 Å². The molecule has 0 fully saturated rings. The molecule has 2 aromatic carbocycles. The van der Waals surface area contributed by atoms with Crippen LogP contribution in [0.25, 0.3) is 0 Å². The van der Waals surface area contributed by atoms with E-state index in [9.17, 15) is 0 Å². The molecule has 0 atom stereocenters. The Morgan fingerprint density at radius 2 is 1.78 bits per heavy atom. The van der Waals surface area contributed by atoms with E-state index in [1.54, 1.807) is 6.07 Å². The molecule has 0 heterocycles. The first kappa shape index (κ1) is 13.2. The first-order chi connectivity index (χ1) is 8.66. The van der Waals surface area contributed by atoms with Crippen LogP contribution in [0.3, 0.4) is 0 Å². The van der Waals surface area contributed by atoms with E-state index in [2.05, 4.69) is 0 Å². The maximum absolute atomic E-state index is 6.06. The van der Waals surface area contributed by atoms with Crippen molar-refractivity contribution in [1.82, 2.24) is 0 Å². The molecule has 2 nitrogen and oxygen atoms in total. The minimum atomic E-state index is 0.387. The summed E-state index contributed by atoms with van der Waals surface area (Å²) in [6, 6.07) is 13.0. The van der Waals surface area contributed by atoms with E-state index in [1.165, 1.54) is 0 Å². The molecule has 0 saturated carbocycles. The molecular weight excluding hydrogens is 269 g/mol. The molecule has 0 aliphatic heterocycles. The van der Waals surface area contributed by atoms with Crippen molar-refractivity contribution in [1.29, 1.82) is 0 Å². The highest BCUT2D eigenvalue weighted by Crippen LogP contribution is 2.23. The van der Waals surface area contributed by atoms with Crippen LogP contribution in [0.4, 0.5) is 5.69 Å². The van der Waals surface area contributed by atoms with Gasteiger partial charge in [0.05, 0.1) is 13.2 Å². The molecule has 2 N–H and O–H groups in total. The van der Waals surface area contributed by atoms with Gasteiger partial charge in [0, 0.05) is 21.3 Å². The molecule has 0 unspecified atom stereocenters. The molecule has 0 saturated heterocycles. The Bertz CT molecular complexity index is 523. The van der Waals surface area contributed by atoms with Gasteiger partial charge in [-0.1, -0.05) is 41.4 Å². The Balaban J connectivity index is 1.97. The van der Waals surface area contributed by atoms with E-state index >= 15 is 0 Å². The predicted molar refractivity (Wildman–Crippen MR) is 75.8 cm³/mol. The van der Waals surface area contributed by atoms with Crippen LogP contribution in [0.2, 0.25) is 10.0 Å². The fourth-order valence-corrected chi connectivity index (χ4v) is 2.07. The first-order valence-electron chi connectivity index (χ1n) is 5.52. The minimum absolute atomic E-state index is 0.387. The predicted octanol–water partition coefficient (Wildman–Crippen LogP) is 4.29. The van der Waals surface area contributed by atoms with E-state index in [0.717, 1.165) is 11.1 Å². The Morgan fingerprint density at radius 1 is 1.00 bits per heavy atom. The lowest BCUT2D eigenvalue weighted by atomic mass is 10.2. The van der Waals surface area contributed by atoms with Crippen molar-refractivity contribution in [2.45, 2.75) is 13.2 Å². The van der Waals surface area contributed by atoms with Gasteiger partial charge in [-0.3, -0.25) is 0 Å². The molecule has 2 rings (SSSR count). The number of ether oxygens (including phenoxy) is 1. The molecule has 2 aromatic rings. The molecule has 94 valence electrons. The van der Waals surface area contributed by atoms with E-state index in [1.807, 2.05) is 36.4 Å². The van der Waals surface area contributed by atoms with Crippen LogP contribution < -0.4 is 5.73 Å². The number of nitrogen functional groups attached to an aromatic ring is 1. The molecular formula is C14H13Cl2NO. The average Bonchev–Trinajstić information content (AvgIpc) is 2.33. The molecule has 4 heteroatoms. The Kier molecular flexibility index (Phi) is 4.48. The highest BCUT2D eigenvalue weighted by atomic mass is 35.5.